The molecule has 100 valence electrons. The Kier molecular flexibility index (Phi) is 4.14. The van der Waals surface area contributed by atoms with Crippen LogP contribution in [0.25, 0.3) is 0 Å². The molecular formula is C12H16ClNO3S. The Morgan fingerprint density at radius 1 is 1.33 bits per heavy atom. The van der Waals surface area contributed by atoms with Crippen molar-refractivity contribution in [2.24, 2.45) is 5.92 Å². The Bertz CT molecular complexity index is 510. The van der Waals surface area contributed by atoms with Crippen LogP contribution in [0, 0.1) is 5.92 Å². The molecule has 0 amide bonds. The van der Waals surface area contributed by atoms with Gasteiger partial charge in [0.1, 0.15) is 0 Å². The molecule has 0 aromatic heterocycles. The highest BCUT2D eigenvalue weighted by Gasteiger charge is 2.19. The molecule has 1 aliphatic rings. The number of benzene rings is 1. The lowest BCUT2D eigenvalue weighted by Gasteiger charge is -2.33. The highest BCUT2D eigenvalue weighted by molar-refractivity contribution is 8.13. The van der Waals surface area contributed by atoms with Crippen LogP contribution in [0.2, 0.25) is 0 Å². The molecular weight excluding hydrogens is 274 g/mol. The molecule has 0 spiro atoms. The van der Waals surface area contributed by atoms with E-state index in [1.807, 2.05) is 6.07 Å². The average Bonchev–Trinajstić information content (AvgIpc) is 2.38. The van der Waals surface area contributed by atoms with Crippen molar-refractivity contribution in [1.82, 2.24) is 0 Å². The Morgan fingerprint density at radius 3 is 2.56 bits per heavy atom. The molecule has 0 atom stereocenters. The van der Waals surface area contributed by atoms with Gasteiger partial charge in [-0.3, -0.25) is 0 Å². The second-order valence-corrected chi connectivity index (χ2v) is 7.11. The van der Waals surface area contributed by atoms with E-state index in [1.165, 1.54) is 6.07 Å². The minimum Gasteiger partial charge on any atom is -0.396 e. The summed E-state index contributed by atoms with van der Waals surface area (Å²) in [6.45, 7) is 1.89. The van der Waals surface area contributed by atoms with E-state index in [4.69, 9.17) is 15.8 Å². The van der Waals surface area contributed by atoms with Crippen LogP contribution in [0.1, 0.15) is 12.8 Å². The molecule has 6 heteroatoms. The van der Waals surface area contributed by atoms with Crippen LogP contribution in [-0.4, -0.2) is 33.2 Å². The van der Waals surface area contributed by atoms with E-state index >= 15 is 0 Å². The normalized spacial score (nSPS) is 18.0. The number of hydrogen-bond acceptors (Lipinski definition) is 4. The molecule has 1 aliphatic heterocycles. The van der Waals surface area contributed by atoms with Crippen LogP contribution in [0.15, 0.2) is 29.2 Å². The number of hydrogen-bond donors (Lipinski definition) is 1. The second-order valence-electron chi connectivity index (χ2n) is 4.55. The van der Waals surface area contributed by atoms with Crippen LogP contribution in [-0.2, 0) is 9.05 Å². The quantitative estimate of drug-likeness (QED) is 0.863. The van der Waals surface area contributed by atoms with E-state index < -0.39 is 9.05 Å². The smallest absolute Gasteiger partial charge is 0.261 e. The predicted octanol–water partition coefficient (Wildman–Crippen LogP) is 1.82. The van der Waals surface area contributed by atoms with Crippen LogP contribution >= 0.6 is 10.7 Å². The lowest BCUT2D eigenvalue weighted by Crippen LogP contribution is -2.34. The Hall–Kier alpha value is -0.780. The maximum atomic E-state index is 11.3. The minimum atomic E-state index is -3.67. The summed E-state index contributed by atoms with van der Waals surface area (Å²) in [4.78, 5) is 2.25. The molecule has 0 aliphatic carbocycles. The van der Waals surface area contributed by atoms with Crippen molar-refractivity contribution in [2.75, 3.05) is 24.6 Å². The predicted molar refractivity (Wildman–Crippen MR) is 71.5 cm³/mol. The lowest BCUT2D eigenvalue weighted by molar-refractivity contribution is 0.203. The monoisotopic (exact) mass is 289 g/mol. The zero-order valence-corrected chi connectivity index (χ0v) is 11.5. The second kappa shape index (κ2) is 5.47. The van der Waals surface area contributed by atoms with Crippen molar-refractivity contribution in [2.45, 2.75) is 17.7 Å². The van der Waals surface area contributed by atoms with Crippen LogP contribution in [0.3, 0.4) is 0 Å². The molecule has 1 fully saturated rings. The highest BCUT2D eigenvalue weighted by Crippen LogP contribution is 2.26. The van der Waals surface area contributed by atoms with Crippen LogP contribution in [0.4, 0.5) is 5.69 Å². The minimum absolute atomic E-state index is 0.131. The third kappa shape index (κ3) is 3.16. The fourth-order valence-corrected chi connectivity index (χ4v) is 3.00. The molecule has 1 heterocycles. The van der Waals surface area contributed by atoms with Crippen LogP contribution in [0.5, 0.6) is 0 Å². The van der Waals surface area contributed by atoms with Gasteiger partial charge in [0, 0.05) is 36.1 Å². The Labute approximate surface area is 112 Å². The van der Waals surface area contributed by atoms with Crippen molar-refractivity contribution >= 4 is 25.4 Å². The summed E-state index contributed by atoms with van der Waals surface area (Å²) in [7, 11) is 1.66. The number of rotatable bonds is 3. The number of anilines is 1. The SMILES string of the molecule is O=S(=O)(Cl)c1cccc(N2CCC(CO)CC2)c1. The van der Waals surface area contributed by atoms with Crippen molar-refractivity contribution < 1.29 is 13.5 Å². The van der Waals surface area contributed by atoms with E-state index in [-0.39, 0.29) is 11.5 Å². The van der Waals surface area contributed by atoms with E-state index in [1.54, 1.807) is 12.1 Å². The first-order valence-corrected chi connectivity index (χ1v) is 8.22. The fraction of sp³-hybridized carbons (Fsp3) is 0.500. The van der Waals surface area contributed by atoms with E-state index in [0.717, 1.165) is 31.6 Å². The molecule has 0 radical (unpaired) electrons. The lowest BCUT2D eigenvalue weighted by atomic mass is 9.97. The third-order valence-electron chi connectivity index (χ3n) is 3.34. The van der Waals surface area contributed by atoms with Gasteiger partial charge in [-0.1, -0.05) is 6.07 Å². The maximum Gasteiger partial charge on any atom is 0.261 e. The topological polar surface area (TPSA) is 57.6 Å². The maximum absolute atomic E-state index is 11.3. The molecule has 1 aromatic rings. The summed E-state index contributed by atoms with van der Waals surface area (Å²) in [6, 6.07) is 6.67. The largest absolute Gasteiger partial charge is 0.396 e. The number of aliphatic hydroxyl groups excluding tert-OH is 1. The van der Waals surface area contributed by atoms with Crippen molar-refractivity contribution in [3.63, 3.8) is 0 Å². The van der Waals surface area contributed by atoms with Gasteiger partial charge in [0.15, 0.2) is 0 Å². The summed E-state index contributed by atoms with van der Waals surface area (Å²) in [5.41, 5.74) is 0.869. The van der Waals surface area contributed by atoms with Gasteiger partial charge in [0.25, 0.3) is 9.05 Å². The molecule has 4 nitrogen and oxygen atoms in total. The molecule has 1 N–H and O–H groups in total. The van der Waals surface area contributed by atoms with Crippen molar-refractivity contribution in [1.29, 1.82) is 0 Å². The van der Waals surface area contributed by atoms with Crippen LogP contribution < -0.4 is 4.90 Å². The van der Waals surface area contributed by atoms with Crippen molar-refractivity contribution in [3.05, 3.63) is 24.3 Å². The fourth-order valence-electron chi connectivity index (χ4n) is 2.21. The van der Waals surface area contributed by atoms with Gasteiger partial charge in [-0.25, -0.2) is 8.42 Å². The molecule has 0 saturated carbocycles. The summed E-state index contributed by atoms with van der Waals surface area (Å²) < 4.78 is 22.6. The van der Waals surface area contributed by atoms with E-state index in [2.05, 4.69) is 4.90 Å². The zero-order chi connectivity index (χ0) is 13.2. The first kappa shape index (κ1) is 13.6. The van der Waals surface area contributed by atoms with E-state index in [0.29, 0.717) is 5.92 Å². The van der Waals surface area contributed by atoms with Gasteiger partial charge in [-0.2, -0.15) is 0 Å². The summed E-state index contributed by atoms with van der Waals surface area (Å²) in [5.74, 6) is 0.362. The van der Waals surface area contributed by atoms with Gasteiger partial charge < -0.3 is 10.0 Å². The summed E-state index contributed by atoms with van der Waals surface area (Å²) in [6.07, 6.45) is 1.85. The molecule has 2 rings (SSSR count). The van der Waals surface area contributed by atoms with Gasteiger partial charge >= 0.3 is 0 Å². The molecule has 0 bridgehead atoms. The number of aliphatic hydroxyl groups is 1. The Balaban J connectivity index is 2.15. The zero-order valence-electron chi connectivity index (χ0n) is 9.92. The molecule has 0 unspecified atom stereocenters. The standard InChI is InChI=1S/C12H16ClNO3S/c13-18(16,17)12-3-1-2-11(8-12)14-6-4-10(9-15)5-7-14/h1-3,8,10,15H,4-7,9H2. The Morgan fingerprint density at radius 2 is 2.00 bits per heavy atom. The molecule has 1 aromatic carbocycles. The third-order valence-corrected chi connectivity index (χ3v) is 4.69. The van der Waals surface area contributed by atoms with Gasteiger partial charge in [-0.05, 0) is 37.0 Å². The molecule has 1 saturated heterocycles. The number of halogens is 1. The number of piperidine rings is 1. The first-order valence-electron chi connectivity index (χ1n) is 5.91. The van der Waals surface area contributed by atoms with Gasteiger partial charge in [0.2, 0.25) is 0 Å². The van der Waals surface area contributed by atoms with E-state index in [9.17, 15) is 8.42 Å². The summed E-state index contributed by atoms with van der Waals surface area (Å²) in [5, 5.41) is 9.08. The van der Waals surface area contributed by atoms with Crippen molar-refractivity contribution in [3.8, 4) is 0 Å². The highest BCUT2D eigenvalue weighted by atomic mass is 35.7. The average molecular weight is 290 g/mol. The molecule has 18 heavy (non-hydrogen) atoms. The summed E-state index contributed by atoms with van der Waals surface area (Å²) >= 11 is 0. The van der Waals surface area contributed by atoms with Gasteiger partial charge in [-0.15, -0.1) is 0 Å². The first-order chi connectivity index (χ1) is 8.50. The number of nitrogens with zero attached hydrogens (tertiary/aromatic N) is 1. The van der Waals surface area contributed by atoms with Gasteiger partial charge in [0.05, 0.1) is 4.90 Å².